The van der Waals surface area contributed by atoms with Gasteiger partial charge < -0.3 is 10.3 Å². The topological polar surface area (TPSA) is 27.8 Å². The van der Waals surface area contributed by atoms with E-state index in [9.17, 15) is 0 Å². The van der Waals surface area contributed by atoms with Crippen LogP contribution < -0.4 is 5.32 Å². The molecule has 1 aromatic carbocycles. The quantitative estimate of drug-likeness (QED) is 0.727. The molecular formula is C13H16N2. The van der Waals surface area contributed by atoms with Gasteiger partial charge in [0, 0.05) is 23.6 Å². The number of H-pyrrole nitrogens is 1. The molecule has 0 bridgehead atoms. The molecule has 0 aliphatic carbocycles. The lowest BCUT2D eigenvalue weighted by Gasteiger charge is -2.07. The number of aromatic amines is 1. The molecule has 2 N–H and O–H groups in total. The Morgan fingerprint density at radius 1 is 1.33 bits per heavy atom. The van der Waals surface area contributed by atoms with Gasteiger partial charge in [-0.1, -0.05) is 12.1 Å². The molecule has 2 aromatic rings. The van der Waals surface area contributed by atoms with E-state index in [1.54, 1.807) is 0 Å². The van der Waals surface area contributed by atoms with Crippen molar-refractivity contribution in [2.75, 3.05) is 13.1 Å². The van der Waals surface area contributed by atoms with Gasteiger partial charge in [-0.3, -0.25) is 0 Å². The Bertz CT molecular complexity index is 478. The van der Waals surface area contributed by atoms with Crippen molar-refractivity contribution in [3.63, 3.8) is 0 Å². The maximum atomic E-state index is 3.43. The molecule has 0 spiro atoms. The smallest absolute Gasteiger partial charge is 0.0459 e. The van der Waals surface area contributed by atoms with Crippen molar-refractivity contribution in [3.8, 4) is 0 Å². The van der Waals surface area contributed by atoms with E-state index in [2.05, 4.69) is 41.6 Å². The third-order valence-corrected chi connectivity index (χ3v) is 3.44. The van der Waals surface area contributed by atoms with Crippen LogP contribution in [0.4, 0.5) is 0 Å². The molecule has 0 amide bonds. The standard InChI is InChI=1S/C13H16N2/c1-9-3-2-4-12-13(9)11(8-15-12)10-5-6-14-7-10/h2-4,8,10,14-15H,5-7H2,1H3. The van der Waals surface area contributed by atoms with Crippen LogP contribution in [0.5, 0.6) is 0 Å². The second-order valence-electron chi connectivity index (χ2n) is 4.43. The average molecular weight is 200 g/mol. The highest BCUT2D eigenvalue weighted by atomic mass is 14.9. The largest absolute Gasteiger partial charge is 0.361 e. The van der Waals surface area contributed by atoms with Gasteiger partial charge in [-0.05, 0) is 43.0 Å². The summed E-state index contributed by atoms with van der Waals surface area (Å²) in [6.07, 6.45) is 3.45. The number of hydrogen-bond donors (Lipinski definition) is 2. The van der Waals surface area contributed by atoms with Gasteiger partial charge in [0.25, 0.3) is 0 Å². The van der Waals surface area contributed by atoms with E-state index in [-0.39, 0.29) is 0 Å². The molecule has 15 heavy (non-hydrogen) atoms. The molecule has 1 atom stereocenters. The minimum absolute atomic E-state index is 0.694. The third-order valence-electron chi connectivity index (χ3n) is 3.44. The fraction of sp³-hybridized carbons (Fsp3) is 0.385. The maximum absolute atomic E-state index is 3.43. The van der Waals surface area contributed by atoms with Gasteiger partial charge in [-0.25, -0.2) is 0 Å². The summed E-state index contributed by atoms with van der Waals surface area (Å²) in [5.74, 6) is 0.694. The zero-order valence-electron chi connectivity index (χ0n) is 9.01. The second-order valence-corrected chi connectivity index (χ2v) is 4.43. The molecule has 1 unspecified atom stereocenters. The number of aryl methyl sites for hydroxylation is 1. The molecular weight excluding hydrogens is 184 g/mol. The summed E-state index contributed by atoms with van der Waals surface area (Å²) in [5, 5.41) is 4.87. The Morgan fingerprint density at radius 2 is 2.27 bits per heavy atom. The molecule has 2 nitrogen and oxygen atoms in total. The van der Waals surface area contributed by atoms with Gasteiger partial charge in [-0.15, -0.1) is 0 Å². The fourth-order valence-corrected chi connectivity index (χ4v) is 2.64. The fourth-order valence-electron chi connectivity index (χ4n) is 2.64. The minimum atomic E-state index is 0.694. The first-order valence-corrected chi connectivity index (χ1v) is 5.63. The molecule has 2 heterocycles. The molecule has 3 rings (SSSR count). The van der Waals surface area contributed by atoms with Gasteiger partial charge in [0.1, 0.15) is 0 Å². The van der Waals surface area contributed by atoms with Crippen LogP contribution in [0.3, 0.4) is 0 Å². The highest BCUT2D eigenvalue weighted by Crippen LogP contribution is 2.31. The molecule has 0 radical (unpaired) electrons. The van der Waals surface area contributed by atoms with Crippen LogP contribution in [0.25, 0.3) is 10.9 Å². The van der Waals surface area contributed by atoms with Crippen LogP contribution in [-0.2, 0) is 0 Å². The molecule has 1 saturated heterocycles. The van der Waals surface area contributed by atoms with Gasteiger partial charge in [0.05, 0.1) is 0 Å². The third kappa shape index (κ3) is 1.37. The maximum Gasteiger partial charge on any atom is 0.0459 e. The van der Waals surface area contributed by atoms with Crippen molar-refractivity contribution in [3.05, 3.63) is 35.5 Å². The number of hydrogen-bond acceptors (Lipinski definition) is 1. The molecule has 1 aliphatic rings. The Hall–Kier alpha value is -1.28. The lowest BCUT2D eigenvalue weighted by molar-refractivity contribution is 0.769. The van der Waals surface area contributed by atoms with E-state index in [4.69, 9.17) is 0 Å². The lowest BCUT2D eigenvalue weighted by Crippen LogP contribution is -2.07. The van der Waals surface area contributed by atoms with E-state index < -0.39 is 0 Å². The van der Waals surface area contributed by atoms with E-state index in [0.717, 1.165) is 13.1 Å². The van der Waals surface area contributed by atoms with Crippen molar-refractivity contribution >= 4 is 10.9 Å². The number of fused-ring (bicyclic) bond motifs is 1. The Labute approximate surface area is 89.7 Å². The predicted octanol–water partition coefficient (Wildman–Crippen LogP) is 2.55. The average Bonchev–Trinajstić information content (AvgIpc) is 2.85. The highest BCUT2D eigenvalue weighted by Gasteiger charge is 2.20. The number of aromatic nitrogens is 1. The molecule has 0 saturated carbocycles. The van der Waals surface area contributed by atoms with E-state index >= 15 is 0 Å². The Balaban J connectivity index is 2.18. The van der Waals surface area contributed by atoms with E-state index in [1.807, 2.05) is 0 Å². The highest BCUT2D eigenvalue weighted by molar-refractivity contribution is 5.87. The minimum Gasteiger partial charge on any atom is -0.361 e. The molecule has 1 aromatic heterocycles. The second kappa shape index (κ2) is 3.38. The van der Waals surface area contributed by atoms with E-state index in [0.29, 0.717) is 5.92 Å². The zero-order chi connectivity index (χ0) is 10.3. The van der Waals surface area contributed by atoms with Crippen molar-refractivity contribution in [1.82, 2.24) is 10.3 Å². The van der Waals surface area contributed by atoms with Gasteiger partial charge in [0.15, 0.2) is 0 Å². The van der Waals surface area contributed by atoms with Crippen LogP contribution >= 0.6 is 0 Å². The van der Waals surface area contributed by atoms with Crippen LogP contribution in [0.15, 0.2) is 24.4 Å². The number of nitrogens with one attached hydrogen (secondary N) is 2. The summed E-state index contributed by atoms with van der Waals surface area (Å²) in [6.45, 7) is 4.48. The summed E-state index contributed by atoms with van der Waals surface area (Å²) in [7, 11) is 0. The first kappa shape index (κ1) is 8.98. The van der Waals surface area contributed by atoms with Crippen LogP contribution in [0.2, 0.25) is 0 Å². The summed E-state index contributed by atoms with van der Waals surface area (Å²) in [6, 6.07) is 6.47. The van der Waals surface area contributed by atoms with Crippen molar-refractivity contribution in [2.24, 2.45) is 0 Å². The zero-order valence-corrected chi connectivity index (χ0v) is 9.01. The monoisotopic (exact) mass is 200 g/mol. The van der Waals surface area contributed by atoms with Crippen LogP contribution in [0, 0.1) is 6.92 Å². The first-order chi connectivity index (χ1) is 7.36. The SMILES string of the molecule is Cc1cccc2[nH]cc(C3CCNC3)c12. The van der Waals surface area contributed by atoms with Crippen LogP contribution in [0.1, 0.15) is 23.5 Å². The lowest BCUT2D eigenvalue weighted by atomic mass is 9.96. The molecule has 1 fully saturated rings. The molecule has 2 heteroatoms. The Morgan fingerprint density at radius 3 is 3.07 bits per heavy atom. The van der Waals surface area contributed by atoms with Crippen molar-refractivity contribution < 1.29 is 0 Å². The number of benzene rings is 1. The van der Waals surface area contributed by atoms with Crippen LogP contribution in [-0.4, -0.2) is 18.1 Å². The summed E-state index contributed by atoms with van der Waals surface area (Å²) in [4.78, 5) is 3.38. The van der Waals surface area contributed by atoms with Gasteiger partial charge in [0.2, 0.25) is 0 Å². The summed E-state index contributed by atoms with van der Waals surface area (Å²) in [5.41, 5.74) is 4.15. The summed E-state index contributed by atoms with van der Waals surface area (Å²) < 4.78 is 0. The van der Waals surface area contributed by atoms with Gasteiger partial charge >= 0.3 is 0 Å². The molecule has 78 valence electrons. The van der Waals surface area contributed by atoms with E-state index in [1.165, 1.54) is 28.5 Å². The van der Waals surface area contributed by atoms with Crippen molar-refractivity contribution in [2.45, 2.75) is 19.3 Å². The predicted molar refractivity (Wildman–Crippen MR) is 63.3 cm³/mol. The normalized spacial score (nSPS) is 21.3. The van der Waals surface area contributed by atoms with Crippen molar-refractivity contribution in [1.29, 1.82) is 0 Å². The van der Waals surface area contributed by atoms with Gasteiger partial charge in [-0.2, -0.15) is 0 Å². The summed E-state index contributed by atoms with van der Waals surface area (Å²) >= 11 is 0. The molecule has 1 aliphatic heterocycles. The Kier molecular flexibility index (Phi) is 2.03. The number of rotatable bonds is 1. The first-order valence-electron chi connectivity index (χ1n) is 5.63.